The maximum absolute atomic E-state index is 13.3. The molecule has 2 aromatic rings. The van der Waals surface area contributed by atoms with Crippen LogP contribution in [0.5, 0.6) is 5.75 Å². The molecular formula is C22H22Cl2N2O4. The van der Waals surface area contributed by atoms with Crippen LogP contribution in [0.25, 0.3) is 10.9 Å². The number of rotatable bonds is 5. The molecule has 1 amide bonds. The minimum atomic E-state index is -0.418. The summed E-state index contributed by atoms with van der Waals surface area (Å²) in [6, 6.07) is 1.77. The minimum absolute atomic E-state index is 0.00205. The second-order valence-electron chi connectivity index (χ2n) is 9.24. The Morgan fingerprint density at radius 3 is 2.60 bits per heavy atom. The average Bonchev–Trinajstić information content (AvgIpc) is 3.16. The summed E-state index contributed by atoms with van der Waals surface area (Å²) in [4.78, 5) is 41.5. The zero-order chi connectivity index (χ0) is 21.4. The first-order valence-corrected chi connectivity index (χ1v) is 11.0. The smallest absolute Gasteiger partial charge is 0.308 e. The van der Waals surface area contributed by atoms with E-state index < -0.39 is 5.97 Å². The van der Waals surface area contributed by atoms with Crippen LogP contribution in [0.1, 0.15) is 49.7 Å². The van der Waals surface area contributed by atoms with Gasteiger partial charge in [0.1, 0.15) is 0 Å². The number of carbonyl (C=O) groups is 3. The fraction of sp³-hybridized carbons (Fsp3) is 0.500. The lowest BCUT2D eigenvalue weighted by Crippen LogP contribution is -2.65. The number of aromatic amines is 1. The number of esters is 1. The first kappa shape index (κ1) is 19.9. The molecule has 1 aliphatic heterocycles. The second kappa shape index (κ2) is 6.47. The Kier molecular flexibility index (Phi) is 4.29. The van der Waals surface area contributed by atoms with Gasteiger partial charge in [0.25, 0.3) is 0 Å². The lowest BCUT2D eigenvalue weighted by Gasteiger charge is -2.68. The van der Waals surface area contributed by atoms with Gasteiger partial charge in [0, 0.05) is 54.8 Å². The summed E-state index contributed by atoms with van der Waals surface area (Å²) in [5, 5.41) is 0.684. The number of hydrogen-bond acceptors (Lipinski definition) is 4. The van der Waals surface area contributed by atoms with Gasteiger partial charge < -0.3 is 14.6 Å². The van der Waals surface area contributed by atoms with Crippen molar-refractivity contribution in [3.8, 4) is 5.75 Å². The van der Waals surface area contributed by atoms with Crippen molar-refractivity contribution in [2.75, 3.05) is 17.3 Å². The Bertz CT molecular complexity index is 1100. The third-order valence-electron chi connectivity index (χ3n) is 7.06. The Labute approximate surface area is 183 Å². The van der Waals surface area contributed by atoms with Crippen molar-refractivity contribution in [2.24, 2.45) is 10.8 Å². The molecule has 0 saturated heterocycles. The van der Waals surface area contributed by atoms with Crippen LogP contribution in [-0.2, 0) is 14.4 Å². The van der Waals surface area contributed by atoms with Gasteiger partial charge in [-0.25, -0.2) is 0 Å². The van der Waals surface area contributed by atoms with Crippen LogP contribution < -0.4 is 9.64 Å². The Morgan fingerprint density at radius 1 is 1.30 bits per heavy atom. The van der Waals surface area contributed by atoms with E-state index >= 15 is 0 Å². The maximum Gasteiger partial charge on any atom is 0.308 e. The third kappa shape index (κ3) is 2.66. The molecule has 158 valence electrons. The Morgan fingerprint density at radius 2 is 2.00 bits per heavy atom. The highest BCUT2D eigenvalue weighted by molar-refractivity contribution is 6.65. The normalized spacial score (nSPS) is 28.7. The van der Waals surface area contributed by atoms with Crippen LogP contribution in [0.2, 0.25) is 0 Å². The van der Waals surface area contributed by atoms with Crippen LogP contribution in [0, 0.1) is 17.8 Å². The van der Waals surface area contributed by atoms with E-state index in [1.807, 2.05) is 13.1 Å². The summed E-state index contributed by atoms with van der Waals surface area (Å²) in [6.45, 7) is 3.84. The first-order valence-electron chi connectivity index (χ1n) is 10.1. The molecule has 1 aromatic heterocycles. The van der Waals surface area contributed by atoms with Crippen molar-refractivity contribution in [3.05, 3.63) is 23.4 Å². The fourth-order valence-electron chi connectivity index (χ4n) is 5.92. The molecule has 3 saturated carbocycles. The van der Waals surface area contributed by atoms with E-state index in [0.29, 0.717) is 43.9 Å². The number of fused-ring (bicyclic) bond motifs is 3. The van der Waals surface area contributed by atoms with E-state index in [1.165, 1.54) is 6.92 Å². The Balaban J connectivity index is 1.51. The highest BCUT2D eigenvalue weighted by Crippen LogP contribution is 2.75. The molecule has 6 rings (SSSR count). The second-order valence-corrected chi connectivity index (χ2v) is 9.89. The third-order valence-corrected chi connectivity index (χ3v) is 7.84. The van der Waals surface area contributed by atoms with Crippen molar-refractivity contribution < 1.29 is 19.1 Å². The van der Waals surface area contributed by atoms with Crippen molar-refractivity contribution in [2.45, 2.75) is 45.4 Å². The number of aromatic nitrogens is 1. The first-order chi connectivity index (χ1) is 14.2. The van der Waals surface area contributed by atoms with E-state index in [-0.39, 0.29) is 27.9 Å². The summed E-state index contributed by atoms with van der Waals surface area (Å²) in [6.07, 6.45) is 4.35. The topological polar surface area (TPSA) is 79.5 Å². The number of carbonyl (C=O) groups excluding carboxylic acids is 3. The number of nitrogens with zero attached hydrogens (tertiary/aromatic N) is 1. The number of amides is 1. The molecule has 2 bridgehead atoms. The number of ether oxygens (including phenoxy) is 1. The van der Waals surface area contributed by atoms with E-state index in [9.17, 15) is 14.4 Å². The summed E-state index contributed by atoms with van der Waals surface area (Å²) >= 11 is 12.0. The van der Waals surface area contributed by atoms with Crippen LogP contribution in [-0.4, -0.2) is 34.5 Å². The van der Waals surface area contributed by atoms with Gasteiger partial charge in [0.2, 0.25) is 11.1 Å². The van der Waals surface area contributed by atoms with Crippen LogP contribution in [0.4, 0.5) is 5.69 Å². The molecule has 8 heteroatoms. The largest absolute Gasteiger partial charge is 0.424 e. The van der Waals surface area contributed by atoms with Gasteiger partial charge in [-0.3, -0.25) is 14.4 Å². The summed E-state index contributed by atoms with van der Waals surface area (Å²) in [5.41, 5.74) is 3.04. The molecule has 1 unspecified atom stereocenters. The predicted octanol–water partition coefficient (Wildman–Crippen LogP) is 4.40. The van der Waals surface area contributed by atoms with Crippen molar-refractivity contribution in [1.82, 2.24) is 4.98 Å². The van der Waals surface area contributed by atoms with Crippen molar-refractivity contribution >= 4 is 56.9 Å². The van der Waals surface area contributed by atoms with Gasteiger partial charge >= 0.3 is 5.97 Å². The van der Waals surface area contributed by atoms with E-state index in [2.05, 4.69) is 4.98 Å². The van der Waals surface area contributed by atoms with Gasteiger partial charge in [-0.1, -0.05) is 0 Å². The molecule has 0 radical (unpaired) electrons. The lowest BCUT2D eigenvalue weighted by molar-refractivity contribution is -0.200. The standard InChI is InChI=1S/C22H22Cl2N2O4/c1-11-6-25-19-15(30-12(2)27)3-14-18(17(11)19)13(5-23)7-26(14)16(28)4-21-8-22(9-21,10-21)20(24)29/h3,6,13,25H,4-5,7-10H2,1-2H3. The molecule has 0 spiro atoms. The zero-order valence-corrected chi connectivity index (χ0v) is 18.3. The predicted molar refractivity (Wildman–Crippen MR) is 114 cm³/mol. The van der Waals surface area contributed by atoms with Crippen LogP contribution >= 0.6 is 23.2 Å². The molecule has 1 aromatic carbocycles. The van der Waals surface area contributed by atoms with Crippen LogP contribution in [0.3, 0.4) is 0 Å². The number of nitrogens with one attached hydrogen (secondary N) is 1. The van der Waals surface area contributed by atoms with E-state index in [1.54, 1.807) is 11.0 Å². The molecule has 1 atom stereocenters. The number of halogens is 2. The van der Waals surface area contributed by atoms with Crippen LogP contribution in [0.15, 0.2) is 12.3 Å². The molecule has 4 aliphatic rings. The maximum atomic E-state index is 13.3. The quantitative estimate of drug-likeness (QED) is 0.318. The molecule has 2 heterocycles. The number of aryl methyl sites for hydroxylation is 1. The van der Waals surface area contributed by atoms with E-state index in [0.717, 1.165) is 27.7 Å². The highest BCUT2D eigenvalue weighted by Gasteiger charge is 2.71. The van der Waals surface area contributed by atoms with Crippen molar-refractivity contribution in [3.63, 3.8) is 0 Å². The van der Waals surface area contributed by atoms with Gasteiger partial charge in [-0.05, 0) is 54.3 Å². The zero-order valence-electron chi connectivity index (χ0n) is 16.8. The van der Waals surface area contributed by atoms with Gasteiger partial charge in [0.05, 0.1) is 11.2 Å². The Hall–Kier alpha value is -2.05. The SMILES string of the molecule is CC(=O)Oc1cc2c(c3c(C)c[nH]c13)C(CCl)CN2C(=O)CC12CC(C(=O)Cl)(C1)C2. The number of alkyl halides is 1. The summed E-state index contributed by atoms with van der Waals surface area (Å²) in [7, 11) is 0. The van der Waals surface area contributed by atoms with Gasteiger partial charge in [-0.15, -0.1) is 11.6 Å². The number of anilines is 1. The molecule has 30 heavy (non-hydrogen) atoms. The highest BCUT2D eigenvalue weighted by atomic mass is 35.5. The van der Waals surface area contributed by atoms with Crippen molar-refractivity contribution in [1.29, 1.82) is 0 Å². The average molecular weight is 449 g/mol. The van der Waals surface area contributed by atoms with Gasteiger partial charge in [0.15, 0.2) is 5.75 Å². The summed E-state index contributed by atoms with van der Waals surface area (Å²) < 4.78 is 5.45. The molecule has 1 N–H and O–H groups in total. The molecule has 3 aliphatic carbocycles. The lowest BCUT2D eigenvalue weighted by atomic mass is 9.34. The molecule has 3 fully saturated rings. The molecule has 6 nitrogen and oxygen atoms in total. The number of benzene rings is 1. The minimum Gasteiger partial charge on any atom is -0.424 e. The van der Waals surface area contributed by atoms with E-state index in [4.69, 9.17) is 27.9 Å². The monoisotopic (exact) mass is 448 g/mol. The molecular weight excluding hydrogens is 427 g/mol. The fourth-order valence-corrected chi connectivity index (χ4v) is 6.37. The summed E-state index contributed by atoms with van der Waals surface area (Å²) in [5.74, 6) is 0.393. The van der Waals surface area contributed by atoms with Gasteiger partial charge in [-0.2, -0.15) is 0 Å². The number of H-pyrrole nitrogens is 1. The number of hydrogen-bond donors (Lipinski definition) is 1.